The Balaban J connectivity index is 1.80. The Kier molecular flexibility index (Phi) is 5.91. The largest absolute Gasteiger partial charge is 0.340 e. The van der Waals surface area contributed by atoms with Gasteiger partial charge in [-0.25, -0.2) is 0 Å². The molecular formula is C16H22Cl2N2O. The van der Waals surface area contributed by atoms with Crippen molar-refractivity contribution in [1.29, 1.82) is 0 Å². The molecular weight excluding hydrogens is 307 g/mol. The number of benzene rings is 1. The lowest BCUT2D eigenvalue weighted by Gasteiger charge is -2.36. The fraction of sp³-hybridized carbons (Fsp3) is 0.562. The highest BCUT2D eigenvalue weighted by atomic mass is 35.5. The third kappa shape index (κ3) is 4.60. The molecule has 2 atom stereocenters. The molecule has 1 heterocycles. The molecule has 2 N–H and O–H groups in total. The van der Waals surface area contributed by atoms with Gasteiger partial charge in [0.25, 0.3) is 0 Å². The average molecular weight is 329 g/mol. The zero-order valence-corrected chi connectivity index (χ0v) is 13.8. The first-order chi connectivity index (χ1) is 9.97. The van der Waals surface area contributed by atoms with Crippen molar-refractivity contribution < 1.29 is 4.79 Å². The first-order valence-electron chi connectivity index (χ1n) is 7.46. The van der Waals surface area contributed by atoms with Crippen LogP contribution >= 0.6 is 23.2 Å². The second kappa shape index (κ2) is 7.48. The molecule has 1 saturated heterocycles. The molecule has 1 aromatic carbocycles. The summed E-state index contributed by atoms with van der Waals surface area (Å²) >= 11 is 11.9. The van der Waals surface area contributed by atoms with Crippen molar-refractivity contribution in [2.24, 2.45) is 5.73 Å². The van der Waals surface area contributed by atoms with Crippen molar-refractivity contribution in [2.75, 3.05) is 6.54 Å². The zero-order valence-electron chi connectivity index (χ0n) is 12.3. The summed E-state index contributed by atoms with van der Waals surface area (Å²) in [5.41, 5.74) is 7.05. The molecule has 5 heteroatoms. The Morgan fingerprint density at radius 1 is 1.38 bits per heavy atom. The van der Waals surface area contributed by atoms with Crippen LogP contribution in [-0.2, 0) is 11.2 Å². The number of rotatable bonds is 4. The second-order valence-electron chi connectivity index (χ2n) is 5.82. The molecule has 1 aliphatic rings. The standard InChI is InChI=1S/C16H22Cl2N2O/c1-11-9-13(19)7-8-20(11)16(21)4-2-3-12-5-6-14(17)15(18)10-12/h5-6,10-11,13H,2-4,7-9,19H2,1H3/t11-,13+/m0/s1. The van der Waals surface area contributed by atoms with Gasteiger partial charge < -0.3 is 10.6 Å². The lowest BCUT2D eigenvalue weighted by Crippen LogP contribution is -2.48. The SMILES string of the molecule is C[C@H]1C[C@H](N)CCN1C(=O)CCCc1ccc(Cl)c(Cl)c1. The van der Waals surface area contributed by atoms with Crippen LogP contribution < -0.4 is 5.73 Å². The molecule has 1 amide bonds. The molecule has 0 aromatic heterocycles. The maximum Gasteiger partial charge on any atom is 0.222 e. The van der Waals surface area contributed by atoms with Gasteiger partial charge in [-0.3, -0.25) is 4.79 Å². The van der Waals surface area contributed by atoms with Crippen LogP contribution in [-0.4, -0.2) is 29.4 Å². The van der Waals surface area contributed by atoms with Crippen LogP contribution in [0, 0.1) is 0 Å². The number of carbonyl (C=O) groups excluding carboxylic acids is 1. The fourth-order valence-corrected chi connectivity index (χ4v) is 3.18. The number of halogens is 2. The Bertz CT molecular complexity index is 507. The van der Waals surface area contributed by atoms with Crippen LogP contribution in [0.15, 0.2) is 18.2 Å². The Morgan fingerprint density at radius 2 is 2.14 bits per heavy atom. The van der Waals surface area contributed by atoms with Crippen LogP contribution in [0.1, 0.15) is 38.2 Å². The minimum Gasteiger partial charge on any atom is -0.340 e. The predicted molar refractivity (Wildman–Crippen MR) is 87.8 cm³/mol. The highest BCUT2D eigenvalue weighted by molar-refractivity contribution is 6.42. The Hall–Kier alpha value is -0.770. The number of likely N-dealkylation sites (tertiary alicyclic amines) is 1. The molecule has 0 bridgehead atoms. The van der Waals surface area contributed by atoms with Gasteiger partial charge in [-0.15, -0.1) is 0 Å². The smallest absolute Gasteiger partial charge is 0.222 e. The summed E-state index contributed by atoms with van der Waals surface area (Å²) in [5, 5.41) is 1.13. The van der Waals surface area contributed by atoms with Gasteiger partial charge in [-0.2, -0.15) is 0 Å². The molecule has 0 radical (unpaired) electrons. The number of aryl methyl sites for hydroxylation is 1. The van der Waals surface area contributed by atoms with E-state index in [1.807, 2.05) is 17.0 Å². The van der Waals surface area contributed by atoms with Crippen molar-refractivity contribution in [3.63, 3.8) is 0 Å². The lowest BCUT2D eigenvalue weighted by atomic mass is 9.98. The van der Waals surface area contributed by atoms with Gasteiger partial charge in [0.15, 0.2) is 0 Å². The van der Waals surface area contributed by atoms with E-state index in [1.54, 1.807) is 6.07 Å². The van der Waals surface area contributed by atoms with Gasteiger partial charge in [0, 0.05) is 25.0 Å². The third-order valence-corrected chi connectivity index (χ3v) is 4.82. The maximum atomic E-state index is 12.3. The summed E-state index contributed by atoms with van der Waals surface area (Å²) in [6.45, 7) is 2.86. The molecule has 3 nitrogen and oxygen atoms in total. The number of hydrogen-bond acceptors (Lipinski definition) is 2. The van der Waals surface area contributed by atoms with Crippen molar-refractivity contribution in [3.8, 4) is 0 Å². The first kappa shape index (κ1) is 16.6. The zero-order chi connectivity index (χ0) is 15.4. The molecule has 0 saturated carbocycles. The van der Waals surface area contributed by atoms with Crippen LogP contribution in [0.5, 0.6) is 0 Å². The monoisotopic (exact) mass is 328 g/mol. The van der Waals surface area contributed by atoms with Crippen LogP contribution in [0.3, 0.4) is 0 Å². The van der Waals surface area contributed by atoms with E-state index in [2.05, 4.69) is 6.92 Å². The molecule has 21 heavy (non-hydrogen) atoms. The van der Waals surface area contributed by atoms with E-state index < -0.39 is 0 Å². The normalized spacial score (nSPS) is 22.4. The van der Waals surface area contributed by atoms with Crippen LogP contribution in [0.25, 0.3) is 0 Å². The number of nitrogens with two attached hydrogens (primary N) is 1. The second-order valence-corrected chi connectivity index (χ2v) is 6.64. The Labute approximate surface area is 136 Å². The minimum absolute atomic E-state index is 0.231. The van der Waals surface area contributed by atoms with E-state index in [-0.39, 0.29) is 18.0 Å². The van der Waals surface area contributed by atoms with E-state index in [9.17, 15) is 4.79 Å². The van der Waals surface area contributed by atoms with Crippen molar-refractivity contribution in [1.82, 2.24) is 4.90 Å². The Morgan fingerprint density at radius 3 is 2.81 bits per heavy atom. The highest BCUT2D eigenvalue weighted by Gasteiger charge is 2.26. The van der Waals surface area contributed by atoms with Gasteiger partial charge in [0.05, 0.1) is 10.0 Å². The lowest BCUT2D eigenvalue weighted by molar-refractivity contribution is -0.134. The molecule has 1 aliphatic heterocycles. The predicted octanol–water partition coefficient (Wildman–Crippen LogP) is 3.65. The number of piperidine rings is 1. The van der Waals surface area contributed by atoms with Crippen molar-refractivity contribution in [2.45, 2.75) is 51.1 Å². The molecule has 0 unspecified atom stereocenters. The van der Waals surface area contributed by atoms with Gasteiger partial charge >= 0.3 is 0 Å². The summed E-state index contributed by atoms with van der Waals surface area (Å²) in [6.07, 6.45) is 4.04. The molecule has 1 fully saturated rings. The van der Waals surface area contributed by atoms with Crippen LogP contribution in [0.2, 0.25) is 10.0 Å². The van der Waals surface area contributed by atoms with E-state index in [0.717, 1.165) is 37.8 Å². The van der Waals surface area contributed by atoms with Gasteiger partial charge in [0.2, 0.25) is 5.91 Å². The number of nitrogens with zero attached hydrogens (tertiary/aromatic N) is 1. The van der Waals surface area contributed by atoms with E-state index >= 15 is 0 Å². The van der Waals surface area contributed by atoms with Crippen molar-refractivity contribution >= 4 is 29.1 Å². The number of hydrogen-bond donors (Lipinski definition) is 1. The highest BCUT2D eigenvalue weighted by Crippen LogP contribution is 2.23. The quantitative estimate of drug-likeness (QED) is 0.916. The van der Waals surface area contributed by atoms with Gasteiger partial charge in [-0.05, 0) is 50.3 Å². The summed E-state index contributed by atoms with van der Waals surface area (Å²) in [4.78, 5) is 14.2. The van der Waals surface area contributed by atoms with Crippen molar-refractivity contribution in [3.05, 3.63) is 33.8 Å². The number of amides is 1. The number of carbonyl (C=O) groups is 1. The average Bonchev–Trinajstić information content (AvgIpc) is 2.42. The van der Waals surface area contributed by atoms with E-state index in [1.165, 1.54) is 0 Å². The molecule has 0 aliphatic carbocycles. The maximum absolute atomic E-state index is 12.3. The molecule has 2 rings (SSSR count). The van der Waals surface area contributed by atoms with E-state index in [0.29, 0.717) is 16.5 Å². The third-order valence-electron chi connectivity index (χ3n) is 4.08. The molecule has 1 aromatic rings. The topological polar surface area (TPSA) is 46.3 Å². The molecule has 116 valence electrons. The fourth-order valence-electron chi connectivity index (χ4n) is 2.86. The minimum atomic E-state index is 0.231. The molecule has 0 spiro atoms. The van der Waals surface area contributed by atoms with Gasteiger partial charge in [-0.1, -0.05) is 29.3 Å². The summed E-state index contributed by atoms with van der Waals surface area (Å²) < 4.78 is 0. The van der Waals surface area contributed by atoms with Gasteiger partial charge in [0.1, 0.15) is 0 Å². The first-order valence-corrected chi connectivity index (χ1v) is 8.22. The van der Waals surface area contributed by atoms with Crippen LogP contribution in [0.4, 0.5) is 0 Å². The van der Waals surface area contributed by atoms with E-state index in [4.69, 9.17) is 28.9 Å². The summed E-state index contributed by atoms with van der Waals surface area (Å²) in [7, 11) is 0. The summed E-state index contributed by atoms with van der Waals surface area (Å²) in [5.74, 6) is 0.231. The summed E-state index contributed by atoms with van der Waals surface area (Å²) in [6, 6.07) is 6.12.